The predicted octanol–water partition coefficient (Wildman–Crippen LogP) is 2.57. The third-order valence-corrected chi connectivity index (χ3v) is 5.17. The van der Waals surface area contributed by atoms with Crippen LogP contribution in [0, 0.1) is 5.92 Å². The first kappa shape index (κ1) is 20.0. The van der Waals surface area contributed by atoms with Crippen molar-refractivity contribution in [2.75, 3.05) is 32.7 Å². The van der Waals surface area contributed by atoms with Gasteiger partial charge in [0.25, 0.3) is 0 Å². The van der Waals surface area contributed by atoms with Crippen molar-refractivity contribution in [1.29, 1.82) is 0 Å². The van der Waals surface area contributed by atoms with Gasteiger partial charge in [0.05, 0.1) is 0 Å². The Kier molecular flexibility index (Phi) is 6.35. The Hall–Kier alpha value is -1.30. The molecule has 2 fully saturated rings. The Morgan fingerprint density at radius 1 is 1.04 bits per heavy atom. The molecular formula is C19H35N3O3. The normalized spacial score (nSPS) is 23.9. The Morgan fingerprint density at radius 3 is 2.12 bits per heavy atom. The summed E-state index contributed by atoms with van der Waals surface area (Å²) in [5, 5.41) is 0. The van der Waals surface area contributed by atoms with E-state index in [0.29, 0.717) is 19.1 Å². The smallest absolute Gasteiger partial charge is 0.410 e. The Bertz CT molecular complexity index is 479. The van der Waals surface area contributed by atoms with Gasteiger partial charge in [0.15, 0.2) is 0 Å². The molecule has 2 heterocycles. The van der Waals surface area contributed by atoms with Crippen LogP contribution in [0.25, 0.3) is 0 Å². The van der Waals surface area contributed by atoms with E-state index < -0.39 is 5.60 Å². The van der Waals surface area contributed by atoms with Gasteiger partial charge >= 0.3 is 6.09 Å². The van der Waals surface area contributed by atoms with Crippen molar-refractivity contribution in [3.63, 3.8) is 0 Å². The molecule has 6 heteroatoms. The monoisotopic (exact) mass is 353 g/mol. The summed E-state index contributed by atoms with van der Waals surface area (Å²) in [6.45, 7) is 16.1. The van der Waals surface area contributed by atoms with Gasteiger partial charge in [-0.25, -0.2) is 4.79 Å². The summed E-state index contributed by atoms with van der Waals surface area (Å²) in [5.41, 5.74) is -0.477. The van der Waals surface area contributed by atoms with Crippen molar-refractivity contribution in [3.05, 3.63) is 0 Å². The molecule has 1 unspecified atom stereocenters. The lowest BCUT2D eigenvalue weighted by molar-refractivity contribution is -0.142. The summed E-state index contributed by atoms with van der Waals surface area (Å²) < 4.78 is 5.43. The van der Waals surface area contributed by atoms with E-state index in [0.717, 1.165) is 32.5 Å². The standard InChI is InChI=1S/C19H35N3O3/c1-14(2)21-11-12-22(15(3)13-21)17(23)16-7-9-20(10-8-16)18(24)25-19(4,5)6/h14-16H,7-13H2,1-6H3. The predicted molar refractivity (Wildman–Crippen MR) is 98.4 cm³/mol. The van der Waals surface area contributed by atoms with E-state index in [1.165, 1.54) is 0 Å². The molecule has 0 aliphatic carbocycles. The van der Waals surface area contributed by atoms with Crippen LogP contribution in [0.15, 0.2) is 0 Å². The molecule has 2 rings (SSSR count). The first-order valence-electron chi connectivity index (χ1n) is 9.61. The van der Waals surface area contributed by atoms with Crippen molar-refractivity contribution in [1.82, 2.24) is 14.7 Å². The summed E-state index contributed by atoms with van der Waals surface area (Å²) in [5.74, 6) is 0.298. The zero-order valence-electron chi connectivity index (χ0n) is 16.7. The fourth-order valence-corrected chi connectivity index (χ4v) is 3.65. The lowest BCUT2D eigenvalue weighted by Crippen LogP contribution is -2.57. The molecule has 2 amide bonds. The highest BCUT2D eigenvalue weighted by Gasteiger charge is 2.35. The van der Waals surface area contributed by atoms with E-state index in [4.69, 9.17) is 4.74 Å². The maximum atomic E-state index is 12.9. The van der Waals surface area contributed by atoms with Crippen LogP contribution in [-0.4, -0.2) is 77.1 Å². The number of carbonyl (C=O) groups excluding carboxylic acids is 2. The van der Waals surface area contributed by atoms with Crippen LogP contribution >= 0.6 is 0 Å². The number of likely N-dealkylation sites (tertiary alicyclic amines) is 1. The molecular weight excluding hydrogens is 318 g/mol. The van der Waals surface area contributed by atoms with Gasteiger partial charge in [-0.05, 0) is 54.4 Å². The van der Waals surface area contributed by atoms with E-state index in [1.807, 2.05) is 25.7 Å². The highest BCUT2D eigenvalue weighted by Crippen LogP contribution is 2.24. The van der Waals surface area contributed by atoms with E-state index in [9.17, 15) is 9.59 Å². The highest BCUT2D eigenvalue weighted by molar-refractivity contribution is 5.80. The van der Waals surface area contributed by atoms with Crippen molar-refractivity contribution in [2.45, 2.75) is 72.1 Å². The van der Waals surface area contributed by atoms with Crippen molar-refractivity contribution >= 4 is 12.0 Å². The molecule has 0 radical (unpaired) electrons. The Balaban J connectivity index is 1.84. The molecule has 0 aromatic heterocycles. The third-order valence-electron chi connectivity index (χ3n) is 5.17. The first-order valence-corrected chi connectivity index (χ1v) is 9.61. The molecule has 144 valence electrons. The number of hydrogen-bond acceptors (Lipinski definition) is 4. The van der Waals surface area contributed by atoms with Crippen molar-refractivity contribution in [2.24, 2.45) is 5.92 Å². The van der Waals surface area contributed by atoms with Gasteiger partial charge in [-0.3, -0.25) is 9.69 Å². The maximum Gasteiger partial charge on any atom is 0.410 e. The van der Waals surface area contributed by atoms with Gasteiger partial charge < -0.3 is 14.5 Å². The molecule has 25 heavy (non-hydrogen) atoms. The highest BCUT2D eigenvalue weighted by atomic mass is 16.6. The largest absolute Gasteiger partial charge is 0.444 e. The van der Waals surface area contributed by atoms with Gasteiger partial charge in [-0.1, -0.05) is 0 Å². The number of rotatable bonds is 2. The van der Waals surface area contributed by atoms with E-state index in [1.54, 1.807) is 4.90 Å². The van der Waals surface area contributed by atoms with Crippen LogP contribution in [-0.2, 0) is 9.53 Å². The number of hydrogen-bond donors (Lipinski definition) is 0. The van der Waals surface area contributed by atoms with Gasteiger partial charge in [0, 0.05) is 50.7 Å². The van der Waals surface area contributed by atoms with Crippen molar-refractivity contribution in [3.8, 4) is 0 Å². The summed E-state index contributed by atoms with van der Waals surface area (Å²) in [7, 11) is 0. The average molecular weight is 354 g/mol. The lowest BCUT2D eigenvalue weighted by atomic mass is 9.94. The number of amides is 2. The Labute approximate surface area is 152 Å². The van der Waals surface area contributed by atoms with Gasteiger partial charge in [-0.15, -0.1) is 0 Å². The van der Waals surface area contributed by atoms with Crippen LogP contribution in [0.3, 0.4) is 0 Å². The number of nitrogens with zero attached hydrogens (tertiary/aromatic N) is 3. The van der Waals surface area contributed by atoms with Crippen molar-refractivity contribution < 1.29 is 14.3 Å². The summed E-state index contributed by atoms with van der Waals surface area (Å²) in [6.07, 6.45) is 1.20. The molecule has 0 saturated carbocycles. The molecule has 0 bridgehead atoms. The minimum Gasteiger partial charge on any atom is -0.444 e. The van der Waals surface area contributed by atoms with E-state index in [-0.39, 0.29) is 24.0 Å². The molecule has 0 aromatic rings. The quantitative estimate of drug-likeness (QED) is 0.766. The second-order valence-corrected chi connectivity index (χ2v) is 8.71. The van der Waals surface area contributed by atoms with Crippen LogP contribution in [0.4, 0.5) is 4.79 Å². The van der Waals surface area contributed by atoms with E-state index >= 15 is 0 Å². The lowest BCUT2D eigenvalue weighted by Gasteiger charge is -2.43. The fraction of sp³-hybridized carbons (Fsp3) is 0.895. The Morgan fingerprint density at radius 2 is 1.64 bits per heavy atom. The summed E-state index contributed by atoms with van der Waals surface area (Å²) in [6, 6.07) is 0.782. The van der Waals surface area contributed by atoms with Crippen LogP contribution in [0.1, 0.15) is 54.4 Å². The average Bonchev–Trinajstić information content (AvgIpc) is 2.52. The molecule has 2 saturated heterocycles. The van der Waals surface area contributed by atoms with Gasteiger partial charge in [-0.2, -0.15) is 0 Å². The zero-order valence-corrected chi connectivity index (χ0v) is 16.7. The SMILES string of the molecule is CC(C)N1CCN(C(=O)C2CCN(C(=O)OC(C)(C)C)CC2)C(C)C1. The van der Waals surface area contributed by atoms with E-state index in [2.05, 4.69) is 25.7 Å². The molecule has 0 aromatic carbocycles. The number of ether oxygens (including phenoxy) is 1. The number of piperidine rings is 1. The zero-order chi connectivity index (χ0) is 18.8. The first-order chi connectivity index (χ1) is 11.6. The second-order valence-electron chi connectivity index (χ2n) is 8.71. The molecule has 1 atom stereocenters. The topological polar surface area (TPSA) is 53.1 Å². The van der Waals surface area contributed by atoms with Gasteiger partial charge in [0.2, 0.25) is 5.91 Å². The molecule has 2 aliphatic rings. The van der Waals surface area contributed by atoms with Crippen LogP contribution < -0.4 is 0 Å². The molecule has 6 nitrogen and oxygen atoms in total. The third kappa shape index (κ3) is 5.33. The number of carbonyl (C=O) groups is 2. The summed E-state index contributed by atoms with van der Waals surface area (Å²) in [4.78, 5) is 31.3. The maximum absolute atomic E-state index is 12.9. The summed E-state index contributed by atoms with van der Waals surface area (Å²) >= 11 is 0. The van der Waals surface area contributed by atoms with Crippen LogP contribution in [0.5, 0.6) is 0 Å². The van der Waals surface area contributed by atoms with Gasteiger partial charge in [0.1, 0.15) is 5.60 Å². The molecule has 0 N–H and O–H groups in total. The number of piperazine rings is 1. The minimum atomic E-state index is -0.477. The second kappa shape index (κ2) is 7.94. The fourth-order valence-electron chi connectivity index (χ4n) is 3.65. The molecule has 0 spiro atoms. The minimum absolute atomic E-state index is 0.0340. The molecule has 2 aliphatic heterocycles. The van der Waals surface area contributed by atoms with Crippen LogP contribution in [0.2, 0.25) is 0 Å².